The van der Waals surface area contributed by atoms with Crippen molar-refractivity contribution >= 4 is 0 Å². The first-order valence-electron chi connectivity index (χ1n) is 6.77. The normalized spacial score (nSPS) is 44.1. The van der Waals surface area contributed by atoms with Crippen molar-refractivity contribution < 1.29 is 5.11 Å². The lowest BCUT2D eigenvalue weighted by Crippen LogP contribution is -2.47. The Hall–Kier alpha value is -0.300. The first-order valence-corrected chi connectivity index (χ1v) is 6.77. The summed E-state index contributed by atoms with van der Waals surface area (Å²) >= 11 is 0. The van der Waals surface area contributed by atoms with E-state index in [9.17, 15) is 5.11 Å². The van der Waals surface area contributed by atoms with Crippen LogP contribution in [0, 0.1) is 17.3 Å². The van der Waals surface area contributed by atoms with E-state index in [0.717, 1.165) is 19.3 Å². The molecular weight excluding hydrogens is 196 g/mol. The quantitative estimate of drug-likeness (QED) is 0.667. The van der Waals surface area contributed by atoms with Crippen LogP contribution < -0.4 is 0 Å². The van der Waals surface area contributed by atoms with E-state index in [4.69, 9.17) is 0 Å². The summed E-state index contributed by atoms with van der Waals surface area (Å²) in [5.41, 5.74) is 1.17. The fourth-order valence-corrected chi connectivity index (χ4v) is 3.92. The monoisotopic (exact) mass is 222 g/mol. The Morgan fingerprint density at radius 3 is 2.69 bits per heavy atom. The number of aliphatic hydroxyl groups is 1. The standard InChI is InChI=1S/C15H26O/c1-11(2)13-7-9-14(4)8-5-12(3)6-10-15(13,14)16/h5,11,13,16H,6-10H2,1-4H3/t13-,14+,15+/m0/s1. The smallest absolute Gasteiger partial charge is 0.0737 e. The molecule has 0 amide bonds. The van der Waals surface area contributed by atoms with Crippen molar-refractivity contribution in [1.82, 2.24) is 0 Å². The van der Waals surface area contributed by atoms with Crippen molar-refractivity contribution in [3.8, 4) is 0 Å². The van der Waals surface area contributed by atoms with Crippen LogP contribution in [0.4, 0.5) is 0 Å². The SMILES string of the molecule is CC1=CC[C@]2(C)CC[C@@H](C(C)C)[C@]2(O)CC1. The molecule has 1 N–H and O–H groups in total. The van der Waals surface area contributed by atoms with Gasteiger partial charge in [0.05, 0.1) is 5.60 Å². The fraction of sp³-hybridized carbons (Fsp3) is 0.867. The molecule has 1 saturated carbocycles. The Bertz CT molecular complexity index is 305. The molecule has 0 spiro atoms. The highest BCUT2D eigenvalue weighted by molar-refractivity contribution is 5.15. The molecule has 0 unspecified atom stereocenters. The summed E-state index contributed by atoms with van der Waals surface area (Å²) < 4.78 is 0. The Balaban J connectivity index is 2.32. The first-order chi connectivity index (χ1) is 7.39. The molecule has 0 radical (unpaired) electrons. The zero-order valence-corrected chi connectivity index (χ0v) is 11.2. The Morgan fingerprint density at radius 1 is 1.38 bits per heavy atom. The molecule has 3 atom stereocenters. The van der Waals surface area contributed by atoms with E-state index in [-0.39, 0.29) is 5.41 Å². The van der Waals surface area contributed by atoms with Gasteiger partial charge in [-0.25, -0.2) is 0 Å². The molecule has 16 heavy (non-hydrogen) atoms. The van der Waals surface area contributed by atoms with Crippen LogP contribution in [0.15, 0.2) is 11.6 Å². The highest BCUT2D eigenvalue weighted by atomic mass is 16.3. The minimum absolute atomic E-state index is 0.125. The van der Waals surface area contributed by atoms with Crippen molar-refractivity contribution in [1.29, 1.82) is 0 Å². The third kappa shape index (κ3) is 1.64. The fourth-order valence-electron chi connectivity index (χ4n) is 3.92. The van der Waals surface area contributed by atoms with Gasteiger partial charge in [-0.15, -0.1) is 0 Å². The highest BCUT2D eigenvalue weighted by Gasteiger charge is 2.56. The zero-order valence-electron chi connectivity index (χ0n) is 11.2. The lowest BCUT2D eigenvalue weighted by Gasteiger charge is -2.43. The van der Waals surface area contributed by atoms with Crippen molar-refractivity contribution in [3.63, 3.8) is 0 Å². The summed E-state index contributed by atoms with van der Waals surface area (Å²) in [7, 11) is 0. The van der Waals surface area contributed by atoms with Crippen molar-refractivity contribution in [3.05, 3.63) is 11.6 Å². The van der Waals surface area contributed by atoms with Crippen LogP contribution >= 0.6 is 0 Å². The number of hydrogen-bond acceptors (Lipinski definition) is 1. The predicted molar refractivity (Wildman–Crippen MR) is 68.2 cm³/mol. The molecule has 0 heterocycles. The number of hydrogen-bond donors (Lipinski definition) is 1. The summed E-state index contributed by atoms with van der Waals surface area (Å²) in [5.74, 6) is 1.10. The van der Waals surface area contributed by atoms with Crippen molar-refractivity contribution in [2.75, 3.05) is 0 Å². The van der Waals surface area contributed by atoms with Crippen LogP contribution in [-0.4, -0.2) is 10.7 Å². The van der Waals surface area contributed by atoms with E-state index in [1.807, 2.05) is 0 Å². The lowest BCUT2D eigenvalue weighted by molar-refractivity contribution is -0.0975. The topological polar surface area (TPSA) is 20.2 Å². The van der Waals surface area contributed by atoms with Crippen molar-refractivity contribution in [2.45, 2.75) is 65.4 Å². The Labute approximate surface area is 99.9 Å². The van der Waals surface area contributed by atoms with E-state index in [1.165, 1.54) is 18.4 Å². The number of allylic oxidation sites excluding steroid dienone is 2. The van der Waals surface area contributed by atoms with Gasteiger partial charge in [0.2, 0.25) is 0 Å². The average Bonchev–Trinajstić information content (AvgIpc) is 2.41. The molecule has 2 rings (SSSR count). The maximum absolute atomic E-state index is 11.2. The molecule has 92 valence electrons. The van der Waals surface area contributed by atoms with Crippen LogP contribution in [0.25, 0.3) is 0 Å². The third-order valence-corrected chi connectivity index (χ3v) is 5.27. The summed E-state index contributed by atoms with van der Waals surface area (Å²) in [4.78, 5) is 0. The van der Waals surface area contributed by atoms with Crippen molar-refractivity contribution in [2.24, 2.45) is 17.3 Å². The van der Waals surface area contributed by atoms with Gasteiger partial charge >= 0.3 is 0 Å². The minimum atomic E-state index is -0.421. The lowest BCUT2D eigenvalue weighted by atomic mass is 9.67. The molecule has 0 saturated heterocycles. The van der Waals surface area contributed by atoms with Gasteiger partial charge in [-0.05, 0) is 50.9 Å². The van der Waals surface area contributed by atoms with Gasteiger partial charge in [-0.3, -0.25) is 0 Å². The number of rotatable bonds is 1. The first kappa shape index (κ1) is 12.2. The molecule has 2 aliphatic carbocycles. The van der Waals surface area contributed by atoms with Gasteiger partial charge in [0, 0.05) is 5.41 Å². The molecule has 0 aromatic rings. The minimum Gasteiger partial charge on any atom is -0.389 e. The largest absolute Gasteiger partial charge is 0.389 e. The summed E-state index contributed by atoms with van der Waals surface area (Å²) in [6, 6.07) is 0. The molecule has 0 bridgehead atoms. The third-order valence-electron chi connectivity index (χ3n) is 5.27. The van der Waals surface area contributed by atoms with E-state index < -0.39 is 5.60 Å². The molecule has 0 aliphatic heterocycles. The van der Waals surface area contributed by atoms with Crippen LogP contribution in [0.3, 0.4) is 0 Å². The van der Waals surface area contributed by atoms with Gasteiger partial charge in [0.1, 0.15) is 0 Å². The maximum atomic E-state index is 11.2. The van der Waals surface area contributed by atoms with E-state index >= 15 is 0 Å². The molecule has 1 heteroatoms. The molecule has 1 nitrogen and oxygen atoms in total. The summed E-state index contributed by atoms with van der Waals surface area (Å²) in [6.45, 7) is 9.03. The predicted octanol–water partition coefficient (Wildman–Crippen LogP) is 3.92. The highest BCUT2D eigenvalue weighted by Crippen LogP contribution is 2.57. The maximum Gasteiger partial charge on any atom is 0.0737 e. The zero-order chi connectivity index (χ0) is 12.0. The molecule has 2 aliphatic rings. The molecule has 0 aromatic carbocycles. The van der Waals surface area contributed by atoms with Crippen LogP contribution in [0.1, 0.15) is 59.8 Å². The Kier molecular flexibility index (Phi) is 2.94. The molecule has 1 fully saturated rings. The van der Waals surface area contributed by atoms with Gasteiger partial charge in [0.25, 0.3) is 0 Å². The second-order valence-corrected chi connectivity index (χ2v) is 6.63. The van der Waals surface area contributed by atoms with Crippen LogP contribution in [0.2, 0.25) is 0 Å². The van der Waals surface area contributed by atoms with Gasteiger partial charge < -0.3 is 5.11 Å². The second kappa shape index (κ2) is 3.87. The van der Waals surface area contributed by atoms with E-state index in [0.29, 0.717) is 11.8 Å². The second-order valence-electron chi connectivity index (χ2n) is 6.63. The number of fused-ring (bicyclic) bond motifs is 1. The summed E-state index contributed by atoms with van der Waals surface area (Å²) in [5, 5.41) is 11.2. The van der Waals surface area contributed by atoms with Crippen LogP contribution in [0.5, 0.6) is 0 Å². The van der Waals surface area contributed by atoms with E-state index in [1.54, 1.807) is 0 Å². The Morgan fingerprint density at radius 2 is 2.06 bits per heavy atom. The van der Waals surface area contributed by atoms with Gasteiger partial charge in [-0.2, -0.15) is 0 Å². The average molecular weight is 222 g/mol. The molecular formula is C15H26O. The van der Waals surface area contributed by atoms with Gasteiger partial charge in [-0.1, -0.05) is 32.4 Å². The molecule has 0 aromatic heterocycles. The van der Waals surface area contributed by atoms with Crippen LogP contribution in [-0.2, 0) is 0 Å². The summed E-state index contributed by atoms with van der Waals surface area (Å²) in [6.07, 6.45) is 7.87. The van der Waals surface area contributed by atoms with Gasteiger partial charge in [0.15, 0.2) is 0 Å². The van der Waals surface area contributed by atoms with E-state index in [2.05, 4.69) is 33.8 Å².